The van der Waals surface area contributed by atoms with Crippen molar-refractivity contribution in [1.29, 1.82) is 0 Å². The van der Waals surface area contributed by atoms with Crippen LogP contribution in [0.2, 0.25) is 0 Å². The summed E-state index contributed by atoms with van der Waals surface area (Å²) in [5.74, 6) is 0. The van der Waals surface area contributed by atoms with Gasteiger partial charge in [-0.15, -0.1) is 0 Å². The maximum absolute atomic E-state index is 5.17. The minimum Gasteiger partial charge on any atom is -0.253 e. The molecule has 2 nitrogen and oxygen atoms in total. The molecule has 4 aromatic carbocycles. The van der Waals surface area contributed by atoms with Gasteiger partial charge in [0.15, 0.2) is 0 Å². The summed E-state index contributed by atoms with van der Waals surface area (Å²) in [6, 6.07) is 32.5. The molecule has 0 aliphatic rings. The van der Waals surface area contributed by atoms with Gasteiger partial charge in [0, 0.05) is 11.4 Å². The maximum Gasteiger partial charge on any atom is 0.0665 e. The fourth-order valence-electron chi connectivity index (χ4n) is 5.49. The van der Waals surface area contributed by atoms with Crippen molar-refractivity contribution in [2.75, 3.05) is 0 Å². The van der Waals surface area contributed by atoms with Gasteiger partial charge in [-0.1, -0.05) is 87.9 Å². The molecule has 0 radical (unpaired) electrons. The molecular formula is C39H44N2. The average Bonchev–Trinajstić information content (AvgIpc) is 2.99. The molecule has 0 aromatic heterocycles. The number of rotatable bonds is 10. The van der Waals surface area contributed by atoms with E-state index >= 15 is 0 Å². The molecule has 2 heteroatoms. The molecule has 0 spiro atoms. The maximum atomic E-state index is 5.17. The number of benzene rings is 4. The fourth-order valence-corrected chi connectivity index (χ4v) is 5.49. The van der Waals surface area contributed by atoms with Crippen LogP contribution in [0.5, 0.6) is 0 Å². The van der Waals surface area contributed by atoms with Gasteiger partial charge >= 0.3 is 0 Å². The Morgan fingerprint density at radius 2 is 1.22 bits per heavy atom. The van der Waals surface area contributed by atoms with E-state index in [4.69, 9.17) is 9.98 Å². The van der Waals surface area contributed by atoms with Crippen LogP contribution in [0.3, 0.4) is 0 Å². The summed E-state index contributed by atoms with van der Waals surface area (Å²) < 4.78 is 0. The third-order valence-corrected chi connectivity index (χ3v) is 7.90. The number of hydrogen-bond donors (Lipinski definition) is 0. The molecule has 0 N–H and O–H groups in total. The topological polar surface area (TPSA) is 24.7 Å². The van der Waals surface area contributed by atoms with E-state index in [1.807, 2.05) is 0 Å². The third kappa shape index (κ3) is 7.19. The van der Waals surface area contributed by atoms with Gasteiger partial charge in [0.1, 0.15) is 0 Å². The van der Waals surface area contributed by atoms with Gasteiger partial charge in [0.2, 0.25) is 0 Å². The minimum absolute atomic E-state index is 0.841. The predicted octanol–water partition coefficient (Wildman–Crippen LogP) is 11.3. The lowest BCUT2D eigenvalue weighted by Gasteiger charge is -2.17. The lowest BCUT2D eigenvalue weighted by atomic mass is 9.89. The van der Waals surface area contributed by atoms with Crippen LogP contribution in [-0.4, -0.2) is 11.4 Å². The van der Waals surface area contributed by atoms with Crippen molar-refractivity contribution in [3.8, 4) is 0 Å². The van der Waals surface area contributed by atoms with Gasteiger partial charge in [0.05, 0.1) is 11.4 Å². The Morgan fingerprint density at radius 1 is 0.610 bits per heavy atom. The Bertz CT molecular complexity index is 1600. The molecule has 0 amide bonds. The number of nitrogens with zero attached hydrogens (tertiary/aromatic N) is 2. The lowest BCUT2D eigenvalue weighted by molar-refractivity contribution is 0.921. The van der Waals surface area contributed by atoms with Gasteiger partial charge in [-0.2, -0.15) is 0 Å². The molecule has 210 valence electrons. The second kappa shape index (κ2) is 14.0. The first-order valence-corrected chi connectivity index (χ1v) is 15.0. The van der Waals surface area contributed by atoms with Gasteiger partial charge in [-0.25, -0.2) is 0 Å². The van der Waals surface area contributed by atoms with E-state index in [0.717, 1.165) is 59.6 Å². The Morgan fingerprint density at radius 3 is 1.88 bits per heavy atom. The SMILES string of the molecule is CCCc1ccccc1N=C(C)c1cc(C(CC)=Nc2ccccc2C)cc(/C(C)=C(\CC)c2ccccc2C)c1. The Balaban J connectivity index is 1.94. The van der Waals surface area contributed by atoms with E-state index in [9.17, 15) is 0 Å². The highest BCUT2D eigenvalue weighted by Crippen LogP contribution is 2.33. The van der Waals surface area contributed by atoms with Crippen molar-refractivity contribution < 1.29 is 0 Å². The van der Waals surface area contributed by atoms with Crippen LogP contribution in [-0.2, 0) is 6.42 Å². The zero-order valence-corrected chi connectivity index (χ0v) is 25.9. The standard InChI is InChI=1S/C39H44N2/c1-8-17-31-20-13-16-23-39(31)40-30(7)33-24-32(29(6)35(9-2)36-21-14-11-18-27(36)4)25-34(26-33)37(10-3)41-38-22-15-12-19-28(38)5/h11-16,18-26H,8-10,17H2,1-7H3/b35-29+,40-30?,41-37?. The zero-order valence-electron chi connectivity index (χ0n) is 25.9. The highest BCUT2D eigenvalue weighted by Gasteiger charge is 2.14. The van der Waals surface area contributed by atoms with Crippen molar-refractivity contribution in [2.45, 2.75) is 74.1 Å². The van der Waals surface area contributed by atoms with E-state index in [0.29, 0.717) is 0 Å². The largest absolute Gasteiger partial charge is 0.253 e. The molecule has 0 atom stereocenters. The van der Waals surface area contributed by atoms with Crippen LogP contribution >= 0.6 is 0 Å². The van der Waals surface area contributed by atoms with E-state index in [1.165, 1.54) is 39.0 Å². The first-order chi connectivity index (χ1) is 19.9. The molecule has 0 unspecified atom stereocenters. The molecule has 4 aromatic rings. The normalized spacial score (nSPS) is 12.9. The van der Waals surface area contributed by atoms with Crippen molar-refractivity contribution in [2.24, 2.45) is 9.98 Å². The molecular weight excluding hydrogens is 496 g/mol. The summed E-state index contributed by atoms with van der Waals surface area (Å²) in [6.45, 7) is 15.4. The van der Waals surface area contributed by atoms with Gasteiger partial charge in [-0.3, -0.25) is 9.98 Å². The van der Waals surface area contributed by atoms with Crippen molar-refractivity contribution >= 4 is 33.9 Å². The smallest absolute Gasteiger partial charge is 0.0665 e. The molecule has 0 aliphatic carbocycles. The van der Waals surface area contributed by atoms with E-state index < -0.39 is 0 Å². The van der Waals surface area contributed by atoms with Crippen molar-refractivity contribution in [3.05, 3.63) is 130 Å². The lowest BCUT2D eigenvalue weighted by Crippen LogP contribution is -2.05. The van der Waals surface area contributed by atoms with E-state index in [-0.39, 0.29) is 0 Å². The summed E-state index contributed by atoms with van der Waals surface area (Å²) in [6.07, 6.45) is 3.93. The van der Waals surface area contributed by atoms with Crippen LogP contribution in [0, 0.1) is 13.8 Å². The monoisotopic (exact) mass is 540 g/mol. The number of aliphatic imine (C=N–C) groups is 2. The molecule has 4 rings (SSSR count). The number of hydrogen-bond acceptors (Lipinski definition) is 2. The summed E-state index contributed by atoms with van der Waals surface area (Å²) in [4.78, 5) is 10.3. The van der Waals surface area contributed by atoms with Crippen LogP contribution in [0.1, 0.15) is 92.8 Å². The average molecular weight is 541 g/mol. The Hall–Kier alpha value is -4.04. The van der Waals surface area contributed by atoms with Crippen molar-refractivity contribution in [3.63, 3.8) is 0 Å². The number of aryl methyl sites for hydroxylation is 3. The van der Waals surface area contributed by atoms with Gasteiger partial charge in [0.25, 0.3) is 0 Å². The molecule has 0 heterocycles. The van der Waals surface area contributed by atoms with Crippen molar-refractivity contribution in [1.82, 2.24) is 0 Å². The highest BCUT2D eigenvalue weighted by atomic mass is 14.8. The zero-order chi connectivity index (χ0) is 29.4. The molecule has 0 aliphatic heterocycles. The fraction of sp³-hybridized carbons (Fsp3) is 0.282. The van der Waals surface area contributed by atoms with Gasteiger partial charge in [-0.05, 0) is 127 Å². The quantitative estimate of drug-likeness (QED) is 0.141. The third-order valence-electron chi connectivity index (χ3n) is 7.90. The van der Waals surface area contributed by atoms with Crippen LogP contribution < -0.4 is 0 Å². The van der Waals surface area contributed by atoms with E-state index in [1.54, 1.807) is 0 Å². The molecule has 0 fully saturated rings. The number of allylic oxidation sites excluding steroid dienone is 2. The number of para-hydroxylation sites is 2. The summed E-state index contributed by atoms with van der Waals surface area (Å²) >= 11 is 0. The summed E-state index contributed by atoms with van der Waals surface area (Å²) in [5, 5.41) is 0. The van der Waals surface area contributed by atoms with E-state index in [2.05, 4.69) is 139 Å². The van der Waals surface area contributed by atoms with Crippen LogP contribution in [0.25, 0.3) is 11.1 Å². The molecule has 0 bridgehead atoms. The first kappa shape index (κ1) is 29.9. The summed E-state index contributed by atoms with van der Waals surface area (Å²) in [7, 11) is 0. The Kier molecular flexibility index (Phi) is 10.2. The second-order valence-electron chi connectivity index (χ2n) is 10.8. The molecule has 41 heavy (non-hydrogen) atoms. The van der Waals surface area contributed by atoms with Gasteiger partial charge < -0.3 is 0 Å². The highest BCUT2D eigenvalue weighted by molar-refractivity contribution is 6.07. The van der Waals surface area contributed by atoms with Crippen LogP contribution in [0.4, 0.5) is 11.4 Å². The summed E-state index contributed by atoms with van der Waals surface area (Å²) in [5.41, 5.74) is 15.5. The molecule has 0 saturated carbocycles. The second-order valence-corrected chi connectivity index (χ2v) is 10.8. The first-order valence-electron chi connectivity index (χ1n) is 15.0. The predicted molar refractivity (Wildman–Crippen MR) is 180 cm³/mol. The minimum atomic E-state index is 0.841. The molecule has 0 saturated heterocycles. The van der Waals surface area contributed by atoms with Crippen LogP contribution in [0.15, 0.2) is 101 Å². The Labute approximate surface area is 247 Å².